The third-order valence-corrected chi connectivity index (χ3v) is 4.04. The molecule has 0 aromatic carbocycles. The topological polar surface area (TPSA) is 58.4 Å². The molecule has 19 heavy (non-hydrogen) atoms. The van der Waals surface area contributed by atoms with Crippen LogP contribution < -0.4 is 11.1 Å². The van der Waals surface area contributed by atoms with Crippen LogP contribution in [0.25, 0.3) is 0 Å². The molecule has 1 amide bonds. The summed E-state index contributed by atoms with van der Waals surface area (Å²) in [5.74, 6) is 0.0648. The highest BCUT2D eigenvalue weighted by Crippen LogP contribution is 2.23. The van der Waals surface area contributed by atoms with Gasteiger partial charge in [-0.05, 0) is 33.1 Å². The minimum absolute atomic E-state index is 0.0648. The Morgan fingerprint density at radius 2 is 1.95 bits per heavy atom. The highest BCUT2D eigenvalue weighted by molar-refractivity contribution is 7.80. The molecular formula is C14H27N3OS. The number of carbonyl (C=O) groups is 1. The fourth-order valence-electron chi connectivity index (χ4n) is 2.47. The van der Waals surface area contributed by atoms with Gasteiger partial charge in [-0.25, -0.2) is 0 Å². The number of carbonyl (C=O) groups excluding carboxylic acids is 1. The average Bonchev–Trinajstić information content (AvgIpc) is 2.80. The summed E-state index contributed by atoms with van der Waals surface area (Å²) in [5.41, 5.74) is 5.50. The van der Waals surface area contributed by atoms with Crippen LogP contribution in [0.15, 0.2) is 0 Å². The van der Waals surface area contributed by atoms with Gasteiger partial charge in [-0.1, -0.05) is 32.0 Å². The zero-order valence-corrected chi connectivity index (χ0v) is 13.2. The average molecular weight is 285 g/mol. The van der Waals surface area contributed by atoms with Crippen molar-refractivity contribution >= 4 is 23.1 Å². The van der Waals surface area contributed by atoms with Crippen LogP contribution >= 0.6 is 12.2 Å². The molecule has 5 heteroatoms. The second-order valence-electron chi connectivity index (χ2n) is 6.10. The molecule has 1 rings (SSSR count). The number of hydrogen-bond donors (Lipinski definition) is 2. The van der Waals surface area contributed by atoms with Crippen molar-refractivity contribution in [3.8, 4) is 0 Å². The van der Waals surface area contributed by atoms with E-state index in [0.29, 0.717) is 24.1 Å². The highest BCUT2D eigenvalue weighted by Gasteiger charge is 2.26. The van der Waals surface area contributed by atoms with Gasteiger partial charge in [-0.3, -0.25) is 9.69 Å². The molecule has 0 aliphatic heterocycles. The summed E-state index contributed by atoms with van der Waals surface area (Å²) in [4.78, 5) is 14.7. The lowest BCUT2D eigenvalue weighted by Crippen LogP contribution is -2.50. The second kappa shape index (κ2) is 7.20. The van der Waals surface area contributed by atoms with Gasteiger partial charge >= 0.3 is 0 Å². The number of amides is 1. The Balaban J connectivity index is 2.56. The first-order valence-electron chi connectivity index (χ1n) is 7.17. The van der Waals surface area contributed by atoms with E-state index in [0.717, 1.165) is 19.3 Å². The van der Waals surface area contributed by atoms with Crippen LogP contribution in [-0.2, 0) is 4.79 Å². The summed E-state index contributed by atoms with van der Waals surface area (Å²) < 4.78 is 0. The Labute approximate surface area is 122 Å². The maximum atomic E-state index is 12.1. The fourth-order valence-corrected chi connectivity index (χ4v) is 2.64. The molecule has 1 aliphatic rings. The lowest BCUT2D eigenvalue weighted by Gasteiger charge is -2.30. The third kappa shape index (κ3) is 5.87. The molecule has 0 spiro atoms. The van der Waals surface area contributed by atoms with E-state index in [1.165, 1.54) is 12.8 Å². The zero-order valence-electron chi connectivity index (χ0n) is 12.4. The van der Waals surface area contributed by atoms with E-state index in [-0.39, 0.29) is 11.4 Å². The van der Waals surface area contributed by atoms with E-state index in [1.54, 1.807) is 0 Å². The molecule has 0 radical (unpaired) electrons. The maximum absolute atomic E-state index is 12.1. The first-order valence-corrected chi connectivity index (χ1v) is 7.58. The van der Waals surface area contributed by atoms with Gasteiger partial charge in [0.15, 0.2) is 0 Å². The van der Waals surface area contributed by atoms with E-state index in [9.17, 15) is 4.79 Å². The first kappa shape index (κ1) is 16.4. The number of nitrogens with zero attached hydrogens (tertiary/aromatic N) is 1. The summed E-state index contributed by atoms with van der Waals surface area (Å²) in [5, 5.41) is 3.07. The summed E-state index contributed by atoms with van der Waals surface area (Å²) in [7, 11) is 0. The van der Waals surface area contributed by atoms with E-state index < -0.39 is 0 Å². The van der Waals surface area contributed by atoms with Gasteiger partial charge in [0.1, 0.15) is 0 Å². The molecule has 1 aliphatic carbocycles. The van der Waals surface area contributed by atoms with Gasteiger partial charge in [0.25, 0.3) is 0 Å². The molecule has 1 fully saturated rings. The largest absolute Gasteiger partial charge is 0.392 e. The molecule has 1 saturated carbocycles. The van der Waals surface area contributed by atoms with Crippen LogP contribution in [0.1, 0.15) is 52.9 Å². The SMILES string of the molecule is CCC(C)(C)NC(=O)CN(CC(N)=S)C1CCCC1. The van der Waals surface area contributed by atoms with Crippen LogP contribution in [-0.4, -0.2) is 40.5 Å². The smallest absolute Gasteiger partial charge is 0.234 e. The van der Waals surface area contributed by atoms with Crippen LogP contribution in [0.4, 0.5) is 0 Å². The highest BCUT2D eigenvalue weighted by atomic mass is 32.1. The van der Waals surface area contributed by atoms with Gasteiger partial charge < -0.3 is 11.1 Å². The minimum Gasteiger partial charge on any atom is -0.392 e. The minimum atomic E-state index is -0.151. The second-order valence-corrected chi connectivity index (χ2v) is 6.62. The van der Waals surface area contributed by atoms with Gasteiger partial charge in [-0.2, -0.15) is 0 Å². The molecular weight excluding hydrogens is 258 g/mol. The molecule has 0 bridgehead atoms. The maximum Gasteiger partial charge on any atom is 0.234 e. The van der Waals surface area contributed by atoms with Crippen molar-refractivity contribution in [2.45, 2.75) is 64.5 Å². The number of nitrogens with one attached hydrogen (secondary N) is 1. The quantitative estimate of drug-likeness (QED) is 0.701. The molecule has 0 saturated heterocycles. The van der Waals surface area contributed by atoms with Gasteiger partial charge in [-0.15, -0.1) is 0 Å². The molecule has 0 heterocycles. The predicted octanol–water partition coefficient (Wildman–Crippen LogP) is 1.82. The van der Waals surface area contributed by atoms with Crippen molar-refractivity contribution in [3.63, 3.8) is 0 Å². The molecule has 0 unspecified atom stereocenters. The molecule has 0 aromatic rings. The first-order chi connectivity index (χ1) is 8.84. The third-order valence-electron chi connectivity index (χ3n) is 3.91. The molecule has 0 atom stereocenters. The fraction of sp³-hybridized carbons (Fsp3) is 0.857. The summed E-state index contributed by atoms with van der Waals surface area (Å²) in [6.07, 6.45) is 5.68. The van der Waals surface area contributed by atoms with Crippen LogP contribution in [0.2, 0.25) is 0 Å². The van der Waals surface area contributed by atoms with Crippen molar-refractivity contribution < 1.29 is 4.79 Å². The van der Waals surface area contributed by atoms with E-state index in [4.69, 9.17) is 18.0 Å². The lowest BCUT2D eigenvalue weighted by molar-refractivity contribution is -0.124. The van der Waals surface area contributed by atoms with E-state index in [1.807, 2.05) is 13.8 Å². The number of nitrogens with two attached hydrogens (primary N) is 1. The van der Waals surface area contributed by atoms with Gasteiger partial charge in [0, 0.05) is 18.1 Å². The molecule has 110 valence electrons. The number of rotatable bonds is 7. The predicted molar refractivity (Wildman–Crippen MR) is 83.1 cm³/mol. The Kier molecular flexibility index (Phi) is 6.20. The number of hydrogen-bond acceptors (Lipinski definition) is 3. The van der Waals surface area contributed by atoms with Crippen molar-refractivity contribution in [2.24, 2.45) is 5.73 Å². The van der Waals surface area contributed by atoms with Crippen molar-refractivity contribution in [1.82, 2.24) is 10.2 Å². The monoisotopic (exact) mass is 285 g/mol. The van der Waals surface area contributed by atoms with Crippen LogP contribution in [0, 0.1) is 0 Å². The Bertz CT molecular complexity index is 325. The Morgan fingerprint density at radius 3 is 2.42 bits per heavy atom. The van der Waals surface area contributed by atoms with E-state index in [2.05, 4.69) is 17.1 Å². The molecule has 3 N–H and O–H groups in total. The summed E-state index contributed by atoms with van der Waals surface area (Å²) in [6, 6.07) is 0.456. The van der Waals surface area contributed by atoms with Crippen molar-refractivity contribution in [1.29, 1.82) is 0 Å². The Morgan fingerprint density at radius 1 is 1.37 bits per heavy atom. The van der Waals surface area contributed by atoms with Crippen LogP contribution in [0.3, 0.4) is 0 Å². The molecule has 0 aromatic heterocycles. The molecule has 4 nitrogen and oxygen atoms in total. The normalized spacial score (nSPS) is 16.8. The van der Waals surface area contributed by atoms with E-state index >= 15 is 0 Å². The Hall–Kier alpha value is -0.680. The zero-order chi connectivity index (χ0) is 14.5. The standard InChI is InChI=1S/C14H27N3OS/c1-4-14(2,3)16-13(18)10-17(9-12(15)19)11-7-5-6-8-11/h11H,4-10H2,1-3H3,(H2,15,19)(H,16,18). The summed E-state index contributed by atoms with van der Waals surface area (Å²) >= 11 is 5.00. The lowest BCUT2D eigenvalue weighted by atomic mass is 10.0. The van der Waals surface area contributed by atoms with Crippen molar-refractivity contribution in [2.75, 3.05) is 13.1 Å². The van der Waals surface area contributed by atoms with Crippen LogP contribution in [0.5, 0.6) is 0 Å². The van der Waals surface area contributed by atoms with Crippen molar-refractivity contribution in [3.05, 3.63) is 0 Å². The summed E-state index contributed by atoms with van der Waals surface area (Å²) in [6.45, 7) is 7.09. The number of thiocarbonyl (C=S) groups is 1. The van der Waals surface area contributed by atoms with Gasteiger partial charge in [0.2, 0.25) is 5.91 Å². The van der Waals surface area contributed by atoms with Gasteiger partial charge in [0.05, 0.1) is 11.5 Å².